The molecule has 52 heavy (non-hydrogen) atoms. The Morgan fingerprint density at radius 2 is 1.54 bits per heavy atom. The van der Waals surface area contributed by atoms with Gasteiger partial charge >= 0.3 is 0 Å². The molecule has 1 saturated carbocycles. The molecule has 3 heterocycles. The van der Waals surface area contributed by atoms with Gasteiger partial charge in [0, 0.05) is 44.9 Å². The topological polar surface area (TPSA) is 38.9 Å². The first kappa shape index (κ1) is 34.4. The van der Waals surface area contributed by atoms with Crippen molar-refractivity contribution in [1.29, 1.82) is 0 Å². The molecule has 1 aliphatic carbocycles. The van der Waals surface area contributed by atoms with E-state index in [0.29, 0.717) is 0 Å². The largest absolute Gasteiger partial charge is 0.501 e. The van der Waals surface area contributed by atoms with E-state index in [-0.39, 0.29) is 20.1 Å². The van der Waals surface area contributed by atoms with Crippen LogP contribution in [0, 0.1) is 12.1 Å². The van der Waals surface area contributed by atoms with Gasteiger partial charge in [-0.25, -0.2) is 0 Å². The zero-order valence-electron chi connectivity index (χ0n) is 30.9. The molecule has 0 bridgehead atoms. The smallest absolute Gasteiger partial charge is 0.121 e. The predicted molar refractivity (Wildman–Crippen MR) is 216 cm³/mol. The number of furan rings is 1. The van der Waals surface area contributed by atoms with E-state index in [0.717, 1.165) is 86.6 Å². The fourth-order valence-electron chi connectivity index (χ4n) is 7.06. The van der Waals surface area contributed by atoms with Crippen LogP contribution in [0.5, 0.6) is 0 Å². The number of hydrogen-bond donors (Lipinski definition) is 0. The Balaban J connectivity index is 0.000000179. The summed E-state index contributed by atoms with van der Waals surface area (Å²) >= 11 is 0. The first-order chi connectivity index (χ1) is 25.2. The third-order valence-corrected chi connectivity index (χ3v) is 12.0. The molecule has 5 heteroatoms. The zero-order chi connectivity index (χ0) is 35.7. The SMILES string of the molecule is C[Si](C)(C)c1ccc(-c2[c-]c3ccccc3cc2)nc1.[2H]C1(c2ccnc(-c3[c-]ccc4c3oc3cc(-c5ccccc5)ccc34)c2)CCCCC1.[Ir]. The Bertz CT molecular complexity index is 2500. The molecule has 3 aromatic heterocycles. The molecule has 9 rings (SSSR count). The molecular weight excluding hydrogens is 829 g/mol. The first-order valence-corrected chi connectivity index (χ1v) is 21.5. The van der Waals surface area contributed by atoms with E-state index in [2.05, 4.69) is 139 Å². The van der Waals surface area contributed by atoms with Gasteiger partial charge in [0.2, 0.25) is 0 Å². The van der Waals surface area contributed by atoms with Crippen molar-refractivity contribution >= 4 is 46.0 Å². The molecule has 8 aromatic rings. The zero-order valence-corrected chi connectivity index (χ0v) is 33.3. The maximum Gasteiger partial charge on any atom is 0.121 e. The normalized spacial score (nSPS) is 14.3. The molecular formula is C47H42IrN2OSi-2. The number of pyridine rings is 2. The van der Waals surface area contributed by atoms with Gasteiger partial charge in [0.15, 0.2) is 0 Å². The van der Waals surface area contributed by atoms with Crippen LogP contribution in [0.2, 0.25) is 19.6 Å². The van der Waals surface area contributed by atoms with Crippen molar-refractivity contribution in [3.05, 3.63) is 151 Å². The van der Waals surface area contributed by atoms with Crippen molar-refractivity contribution in [2.24, 2.45) is 0 Å². The van der Waals surface area contributed by atoms with Crippen molar-refractivity contribution in [2.75, 3.05) is 0 Å². The number of benzene rings is 5. The van der Waals surface area contributed by atoms with E-state index in [1.165, 1.54) is 22.6 Å². The molecule has 1 aliphatic rings. The van der Waals surface area contributed by atoms with Gasteiger partial charge in [-0.2, -0.15) is 0 Å². The van der Waals surface area contributed by atoms with Crippen LogP contribution < -0.4 is 5.19 Å². The summed E-state index contributed by atoms with van der Waals surface area (Å²) < 4.78 is 15.4. The van der Waals surface area contributed by atoms with Crippen LogP contribution in [-0.4, -0.2) is 18.0 Å². The standard InChI is InChI=1S/C29H24NO.C18H18NSi.Ir/c1-3-8-20(9-4-1)22-14-15-24-25-12-7-13-26(29(25)31-28(24)19-22)27-18-23(16-17-30-27)21-10-5-2-6-11-21;1-20(2,3)17-10-11-18(19-13-17)16-9-8-14-6-4-5-7-15(14)12-16;/h1,3-4,7-9,12,14-19,21H,2,5-6,10-11H2;4-11,13H,1-3H3;/q2*-1;/i21D;;. The molecule has 0 amide bonds. The molecule has 1 radical (unpaired) electrons. The van der Waals surface area contributed by atoms with Crippen molar-refractivity contribution in [2.45, 2.75) is 57.6 Å². The minimum absolute atomic E-state index is 0. The average Bonchev–Trinajstić information content (AvgIpc) is 3.57. The van der Waals surface area contributed by atoms with Crippen LogP contribution in [0.25, 0.3) is 66.4 Å². The molecule has 0 aliphatic heterocycles. The van der Waals surface area contributed by atoms with Crippen LogP contribution in [0.3, 0.4) is 0 Å². The van der Waals surface area contributed by atoms with Crippen molar-refractivity contribution in [3.63, 3.8) is 0 Å². The molecule has 0 saturated heterocycles. The molecule has 0 unspecified atom stereocenters. The Labute approximate surface area is 322 Å². The van der Waals surface area contributed by atoms with Crippen LogP contribution in [0.15, 0.2) is 138 Å². The summed E-state index contributed by atoms with van der Waals surface area (Å²) in [7, 11) is -1.27. The van der Waals surface area contributed by atoms with Crippen LogP contribution in [-0.2, 0) is 20.1 Å². The summed E-state index contributed by atoms with van der Waals surface area (Å²) in [5.41, 5.74) is 8.77. The van der Waals surface area contributed by atoms with Gasteiger partial charge in [0.25, 0.3) is 0 Å². The third-order valence-electron chi connectivity index (χ3n) is 9.99. The second kappa shape index (κ2) is 15.5. The summed E-state index contributed by atoms with van der Waals surface area (Å²) in [6.45, 7) is 7.02. The first-order valence-electron chi connectivity index (χ1n) is 18.5. The maximum absolute atomic E-state index is 9.02. The summed E-state index contributed by atoms with van der Waals surface area (Å²) in [5, 5.41) is 5.91. The second-order valence-electron chi connectivity index (χ2n) is 14.5. The molecule has 3 nitrogen and oxygen atoms in total. The monoisotopic (exact) mass is 872 g/mol. The van der Waals surface area contributed by atoms with Gasteiger partial charge in [0.05, 0.1) is 13.7 Å². The van der Waals surface area contributed by atoms with Gasteiger partial charge in [-0.15, -0.1) is 47.9 Å². The minimum atomic E-state index is -1.27. The van der Waals surface area contributed by atoms with Gasteiger partial charge in [-0.05, 0) is 52.9 Å². The number of fused-ring (bicyclic) bond motifs is 4. The number of hydrogen-bond acceptors (Lipinski definition) is 3. The van der Waals surface area contributed by atoms with E-state index in [1.807, 2.05) is 36.7 Å². The van der Waals surface area contributed by atoms with Crippen molar-refractivity contribution in [1.82, 2.24) is 9.97 Å². The van der Waals surface area contributed by atoms with Gasteiger partial charge in [-0.1, -0.05) is 145 Å². The van der Waals surface area contributed by atoms with E-state index in [4.69, 9.17) is 5.79 Å². The predicted octanol–water partition coefficient (Wildman–Crippen LogP) is 12.4. The van der Waals surface area contributed by atoms with Crippen LogP contribution in [0.1, 0.15) is 44.9 Å². The molecule has 0 spiro atoms. The number of nitrogens with zero attached hydrogens (tertiary/aromatic N) is 2. The quantitative estimate of drug-likeness (QED) is 0.128. The van der Waals surface area contributed by atoms with E-state index in [1.54, 1.807) is 0 Å². The average molecular weight is 872 g/mol. The fraction of sp³-hybridized carbons (Fsp3) is 0.191. The van der Waals surface area contributed by atoms with Crippen LogP contribution >= 0.6 is 0 Å². The maximum atomic E-state index is 9.02. The Hall–Kier alpha value is -4.67. The number of rotatable bonds is 5. The summed E-state index contributed by atoms with van der Waals surface area (Å²) in [6.07, 6.45) is 9.17. The summed E-state index contributed by atoms with van der Waals surface area (Å²) in [5.74, 6) is -0.512. The van der Waals surface area contributed by atoms with Crippen LogP contribution in [0.4, 0.5) is 0 Å². The third kappa shape index (κ3) is 7.59. The van der Waals surface area contributed by atoms with Gasteiger partial charge in [-0.3, -0.25) is 4.98 Å². The van der Waals surface area contributed by atoms with Gasteiger partial charge in [0.1, 0.15) is 5.58 Å². The van der Waals surface area contributed by atoms with E-state index in [9.17, 15) is 0 Å². The molecule has 1 fully saturated rings. The van der Waals surface area contributed by atoms with Crippen molar-refractivity contribution < 1.29 is 25.9 Å². The minimum Gasteiger partial charge on any atom is -0.501 e. The fourth-order valence-corrected chi connectivity index (χ4v) is 8.09. The van der Waals surface area contributed by atoms with E-state index >= 15 is 0 Å². The Kier molecular flexibility index (Phi) is 10.3. The Morgan fingerprint density at radius 3 is 2.33 bits per heavy atom. The molecule has 261 valence electrons. The van der Waals surface area contributed by atoms with Crippen molar-refractivity contribution in [3.8, 4) is 33.6 Å². The summed E-state index contributed by atoms with van der Waals surface area (Å²) in [4.78, 5) is 9.27. The Morgan fingerprint density at radius 1 is 0.731 bits per heavy atom. The summed E-state index contributed by atoms with van der Waals surface area (Å²) in [6, 6.07) is 48.5. The van der Waals surface area contributed by atoms with E-state index < -0.39 is 14.0 Å². The molecule has 5 aromatic carbocycles. The molecule has 0 atom stereocenters. The molecule has 0 N–H and O–H groups in total. The number of aromatic nitrogens is 2. The second-order valence-corrected chi connectivity index (χ2v) is 19.6. The van der Waals surface area contributed by atoms with Gasteiger partial charge < -0.3 is 9.40 Å².